The predicted molar refractivity (Wildman–Crippen MR) is 99.8 cm³/mol. The molecule has 148 valence electrons. The quantitative estimate of drug-likeness (QED) is 0.727. The Bertz CT molecular complexity index is 465. The van der Waals surface area contributed by atoms with E-state index in [0.717, 1.165) is 45.0 Å². The molecule has 3 fully saturated rings. The van der Waals surface area contributed by atoms with Gasteiger partial charge in [-0.15, -0.1) is 0 Å². The highest BCUT2D eigenvalue weighted by Crippen LogP contribution is 2.23. The Morgan fingerprint density at radius 3 is 2.50 bits per heavy atom. The first-order chi connectivity index (χ1) is 12.6. The summed E-state index contributed by atoms with van der Waals surface area (Å²) < 4.78 is 5.41. The third kappa shape index (κ3) is 5.93. The van der Waals surface area contributed by atoms with Crippen molar-refractivity contribution in [2.75, 3.05) is 52.5 Å². The molecule has 2 amide bonds. The molecule has 1 unspecified atom stereocenters. The van der Waals surface area contributed by atoms with Crippen LogP contribution in [-0.4, -0.2) is 86.2 Å². The molecule has 0 aromatic rings. The minimum absolute atomic E-state index is 0.132. The van der Waals surface area contributed by atoms with Gasteiger partial charge in [-0.25, -0.2) is 0 Å². The normalized spacial score (nSPS) is 30.8. The molecule has 3 aliphatic rings. The molecule has 0 spiro atoms. The van der Waals surface area contributed by atoms with Crippen LogP contribution in [0.25, 0.3) is 0 Å². The van der Waals surface area contributed by atoms with Crippen molar-refractivity contribution in [3.05, 3.63) is 0 Å². The first-order valence-electron chi connectivity index (χ1n) is 10.2. The number of hydrogen-bond acceptors (Lipinski definition) is 5. The largest absolute Gasteiger partial charge is 0.378 e. The van der Waals surface area contributed by atoms with Crippen LogP contribution < -0.4 is 10.6 Å². The van der Waals surface area contributed by atoms with Gasteiger partial charge in [0.05, 0.1) is 19.8 Å². The smallest absolute Gasteiger partial charge is 0.234 e. The van der Waals surface area contributed by atoms with E-state index in [1.165, 1.54) is 12.8 Å². The Morgan fingerprint density at radius 1 is 1.12 bits per heavy atom. The lowest BCUT2D eigenvalue weighted by atomic mass is 9.87. The lowest BCUT2D eigenvalue weighted by molar-refractivity contribution is -0.134. The average Bonchev–Trinajstić information content (AvgIpc) is 2.65. The molecule has 0 aromatic carbocycles. The first-order valence-corrected chi connectivity index (χ1v) is 10.2. The van der Waals surface area contributed by atoms with Crippen LogP contribution in [0.1, 0.15) is 39.0 Å². The zero-order valence-electron chi connectivity index (χ0n) is 16.0. The van der Waals surface area contributed by atoms with E-state index in [2.05, 4.69) is 22.5 Å². The number of hydrogen-bond donors (Lipinski definition) is 2. The Morgan fingerprint density at radius 2 is 1.85 bits per heavy atom. The van der Waals surface area contributed by atoms with Gasteiger partial charge in [0.15, 0.2) is 0 Å². The van der Waals surface area contributed by atoms with Gasteiger partial charge >= 0.3 is 0 Å². The third-order valence-electron chi connectivity index (χ3n) is 5.89. The predicted octanol–water partition coefficient (Wildman–Crippen LogP) is 0.204. The van der Waals surface area contributed by atoms with Crippen LogP contribution in [0, 0.1) is 5.92 Å². The maximum atomic E-state index is 12.4. The Balaban J connectivity index is 1.32. The van der Waals surface area contributed by atoms with Crippen molar-refractivity contribution in [2.45, 2.75) is 51.1 Å². The van der Waals surface area contributed by atoms with Crippen molar-refractivity contribution in [3.8, 4) is 0 Å². The second-order valence-corrected chi connectivity index (χ2v) is 8.11. The molecular formula is C19H34N4O3. The second-order valence-electron chi connectivity index (χ2n) is 8.11. The first kappa shape index (κ1) is 19.6. The molecule has 2 N–H and O–H groups in total. The molecule has 0 bridgehead atoms. The van der Waals surface area contributed by atoms with Gasteiger partial charge in [-0.1, -0.05) is 6.92 Å². The maximum absolute atomic E-state index is 12.4. The number of ether oxygens (including phenoxy) is 1. The van der Waals surface area contributed by atoms with Crippen LogP contribution in [0.4, 0.5) is 0 Å². The number of amides is 2. The minimum Gasteiger partial charge on any atom is -0.378 e. The molecule has 2 aliphatic heterocycles. The van der Waals surface area contributed by atoms with Crippen molar-refractivity contribution >= 4 is 11.8 Å². The van der Waals surface area contributed by atoms with Gasteiger partial charge in [-0.2, -0.15) is 0 Å². The number of carbonyl (C=O) groups excluding carboxylic acids is 2. The molecule has 2 heterocycles. The van der Waals surface area contributed by atoms with Gasteiger partial charge < -0.3 is 20.3 Å². The van der Waals surface area contributed by atoms with Crippen LogP contribution >= 0.6 is 0 Å². The van der Waals surface area contributed by atoms with Gasteiger partial charge in [0.25, 0.3) is 0 Å². The summed E-state index contributed by atoms with van der Waals surface area (Å²) in [6.07, 6.45) is 5.14. The number of nitrogens with zero attached hydrogens (tertiary/aromatic N) is 2. The summed E-state index contributed by atoms with van der Waals surface area (Å²) in [6, 6.07) is 0.491. The Kier molecular flexibility index (Phi) is 7.28. The van der Waals surface area contributed by atoms with Crippen molar-refractivity contribution in [2.24, 2.45) is 5.92 Å². The molecule has 1 saturated carbocycles. The molecule has 7 nitrogen and oxygen atoms in total. The zero-order chi connectivity index (χ0) is 18.4. The maximum Gasteiger partial charge on any atom is 0.234 e. The summed E-state index contributed by atoms with van der Waals surface area (Å²) in [7, 11) is 0. The Labute approximate surface area is 156 Å². The number of carbonyl (C=O) groups is 2. The topological polar surface area (TPSA) is 73.9 Å². The molecular weight excluding hydrogens is 332 g/mol. The molecule has 3 rings (SSSR count). The lowest BCUT2D eigenvalue weighted by Crippen LogP contribution is -2.53. The van der Waals surface area contributed by atoms with Crippen LogP contribution in [0.2, 0.25) is 0 Å². The molecule has 7 heteroatoms. The average molecular weight is 367 g/mol. The van der Waals surface area contributed by atoms with Crippen LogP contribution in [0.5, 0.6) is 0 Å². The molecule has 1 aliphatic carbocycles. The number of morpholine rings is 1. The van der Waals surface area contributed by atoms with Gasteiger partial charge in [-0.3, -0.25) is 14.5 Å². The van der Waals surface area contributed by atoms with Crippen LogP contribution in [0.3, 0.4) is 0 Å². The summed E-state index contributed by atoms with van der Waals surface area (Å²) in [5, 5.41) is 6.52. The second kappa shape index (κ2) is 9.67. The number of nitrogens with one attached hydrogen (secondary N) is 2. The SMILES string of the molecule is CC1CCC(NC(=O)CN2CCN(C(=O)CC3COCCN3)CC2)CC1. The summed E-state index contributed by atoms with van der Waals surface area (Å²) in [5.74, 6) is 1.12. The third-order valence-corrected chi connectivity index (χ3v) is 5.89. The van der Waals surface area contributed by atoms with E-state index in [-0.39, 0.29) is 17.9 Å². The van der Waals surface area contributed by atoms with Crippen molar-refractivity contribution in [1.29, 1.82) is 0 Å². The summed E-state index contributed by atoms with van der Waals surface area (Å²) in [6.45, 7) is 7.87. The van der Waals surface area contributed by atoms with Crippen molar-refractivity contribution in [3.63, 3.8) is 0 Å². The highest BCUT2D eigenvalue weighted by Gasteiger charge is 2.26. The highest BCUT2D eigenvalue weighted by atomic mass is 16.5. The number of piperazine rings is 1. The zero-order valence-corrected chi connectivity index (χ0v) is 16.0. The minimum atomic E-state index is 0.132. The molecule has 0 aromatic heterocycles. The lowest BCUT2D eigenvalue weighted by Gasteiger charge is -2.36. The van der Waals surface area contributed by atoms with Gasteiger partial charge in [0.2, 0.25) is 11.8 Å². The molecule has 26 heavy (non-hydrogen) atoms. The molecule has 2 saturated heterocycles. The van der Waals surface area contributed by atoms with E-state index in [1.807, 2.05) is 4.90 Å². The molecule has 0 radical (unpaired) electrons. The van der Waals surface area contributed by atoms with Gasteiger partial charge in [0.1, 0.15) is 0 Å². The van der Waals surface area contributed by atoms with E-state index in [9.17, 15) is 9.59 Å². The monoisotopic (exact) mass is 366 g/mol. The summed E-state index contributed by atoms with van der Waals surface area (Å²) in [5.41, 5.74) is 0. The van der Waals surface area contributed by atoms with Crippen molar-refractivity contribution in [1.82, 2.24) is 20.4 Å². The molecule has 1 atom stereocenters. The van der Waals surface area contributed by atoms with E-state index in [0.29, 0.717) is 38.7 Å². The summed E-state index contributed by atoms with van der Waals surface area (Å²) in [4.78, 5) is 28.8. The highest BCUT2D eigenvalue weighted by molar-refractivity contribution is 5.79. The van der Waals surface area contributed by atoms with Gasteiger partial charge in [-0.05, 0) is 31.6 Å². The number of rotatable bonds is 5. The van der Waals surface area contributed by atoms with E-state index in [4.69, 9.17) is 4.74 Å². The van der Waals surface area contributed by atoms with E-state index >= 15 is 0 Å². The standard InChI is InChI=1S/C19H34N4O3/c1-15-2-4-16(5-3-15)21-18(24)13-22-7-9-23(10-8-22)19(25)12-17-14-26-11-6-20-17/h15-17,20H,2-14H2,1H3,(H,21,24). The fraction of sp³-hybridized carbons (Fsp3) is 0.895. The van der Waals surface area contributed by atoms with Gasteiger partial charge in [0, 0.05) is 51.2 Å². The van der Waals surface area contributed by atoms with E-state index < -0.39 is 0 Å². The summed E-state index contributed by atoms with van der Waals surface area (Å²) >= 11 is 0. The Hall–Kier alpha value is -1.18. The fourth-order valence-corrected chi connectivity index (χ4v) is 4.13. The van der Waals surface area contributed by atoms with Crippen LogP contribution in [0.15, 0.2) is 0 Å². The van der Waals surface area contributed by atoms with E-state index in [1.54, 1.807) is 0 Å². The van der Waals surface area contributed by atoms with Crippen LogP contribution in [-0.2, 0) is 14.3 Å². The van der Waals surface area contributed by atoms with Crippen molar-refractivity contribution < 1.29 is 14.3 Å². The fourth-order valence-electron chi connectivity index (χ4n) is 4.13.